The predicted octanol–water partition coefficient (Wildman–Crippen LogP) is 4.01. The van der Waals surface area contributed by atoms with E-state index in [-0.39, 0.29) is 17.3 Å². The van der Waals surface area contributed by atoms with Gasteiger partial charge in [0.1, 0.15) is 12.1 Å². The molecule has 0 bridgehead atoms. The summed E-state index contributed by atoms with van der Waals surface area (Å²) in [7, 11) is 0. The second-order valence-electron chi connectivity index (χ2n) is 6.50. The van der Waals surface area contributed by atoms with Crippen LogP contribution in [0.2, 0.25) is 0 Å². The van der Waals surface area contributed by atoms with E-state index in [1.165, 1.54) is 12.1 Å². The second kappa shape index (κ2) is 7.82. The SMILES string of the molecule is CCc1cc(N2CCC(Nc3cc(C#N)ccc3C(F)(F)F)CC2)ncn1. The van der Waals surface area contributed by atoms with E-state index in [1.807, 2.05) is 19.1 Å². The first-order valence-corrected chi connectivity index (χ1v) is 8.84. The number of hydrogen-bond donors (Lipinski definition) is 1. The highest BCUT2D eigenvalue weighted by Gasteiger charge is 2.34. The zero-order chi connectivity index (χ0) is 19.4. The zero-order valence-corrected chi connectivity index (χ0v) is 14.9. The van der Waals surface area contributed by atoms with Crippen LogP contribution in [-0.2, 0) is 12.6 Å². The molecule has 2 aromatic rings. The number of piperidine rings is 1. The van der Waals surface area contributed by atoms with Gasteiger partial charge < -0.3 is 10.2 Å². The summed E-state index contributed by atoms with van der Waals surface area (Å²) in [6.45, 7) is 3.41. The third-order valence-corrected chi connectivity index (χ3v) is 4.70. The van der Waals surface area contributed by atoms with E-state index in [4.69, 9.17) is 5.26 Å². The van der Waals surface area contributed by atoms with E-state index in [2.05, 4.69) is 20.2 Å². The van der Waals surface area contributed by atoms with E-state index in [1.54, 1.807) is 6.33 Å². The summed E-state index contributed by atoms with van der Waals surface area (Å²) < 4.78 is 39.7. The number of alkyl halides is 3. The smallest absolute Gasteiger partial charge is 0.382 e. The Morgan fingerprint density at radius 2 is 1.96 bits per heavy atom. The van der Waals surface area contributed by atoms with Gasteiger partial charge in [-0.15, -0.1) is 0 Å². The van der Waals surface area contributed by atoms with E-state index in [9.17, 15) is 13.2 Å². The lowest BCUT2D eigenvalue weighted by Crippen LogP contribution is -2.39. The maximum Gasteiger partial charge on any atom is 0.418 e. The van der Waals surface area contributed by atoms with Gasteiger partial charge in [-0.1, -0.05) is 6.92 Å². The predicted molar refractivity (Wildman–Crippen MR) is 96.4 cm³/mol. The first-order valence-electron chi connectivity index (χ1n) is 8.84. The lowest BCUT2D eigenvalue weighted by molar-refractivity contribution is -0.137. The van der Waals surface area contributed by atoms with Crippen molar-refractivity contribution < 1.29 is 13.2 Å². The van der Waals surface area contributed by atoms with Crippen LogP contribution in [-0.4, -0.2) is 29.1 Å². The van der Waals surface area contributed by atoms with Crippen LogP contribution < -0.4 is 10.2 Å². The van der Waals surface area contributed by atoms with Gasteiger partial charge in [-0.3, -0.25) is 0 Å². The number of benzene rings is 1. The molecule has 0 unspecified atom stereocenters. The summed E-state index contributed by atoms with van der Waals surface area (Å²) >= 11 is 0. The average molecular weight is 375 g/mol. The number of halogens is 3. The van der Waals surface area contributed by atoms with Crippen molar-refractivity contribution >= 4 is 11.5 Å². The fourth-order valence-electron chi connectivity index (χ4n) is 3.21. The van der Waals surface area contributed by atoms with Crippen molar-refractivity contribution in [2.45, 2.75) is 38.4 Å². The largest absolute Gasteiger partial charge is 0.418 e. The zero-order valence-electron chi connectivity index (χ0n) is 14.9. The van der Waals surface area contributed by atoms with Gasteiger partial charge in [0.2, 0.25) is 0 Å². The number of nitrogens with zero attached hydrogens (tertiary/aromatic N) is 4. The summed E-state index contributed by atoms with van der Waals surface area (Å²) in [6.07, 6.45) is -0.738. The van der Waals surface area contributed by atoms with Crippen molar-refractivity contribution in [2.24, 2.45) is 0 Å². The Morgan fingerprint density at radius 3 is 2.59 bits per heavy atom. The lowest BCUT2D eigenvalue weighted by atomic mass is 10.0. The van der Waals surface area contributed by atoms with Gasteiger partial charge in [0.15, 0.2) is 0 Å². The molecule has 1 saturated heterocycles. The highest BCUT2D eigenvalue weighted by Crippen LogP contribution is 2.36. The third-order valence-electron chi connectivity index (χ3n) is 4.70. The molecule has 3 rings (SSSR count). The van der Waals surface area contributed by atoms with Crippen LogP contribution in [0.15, 0.2) is 30.6 Å². The summed E-state index contributed by atoms with van der Waals surface area (Å²) in [5.74, 6) is 0.850. The number of nitrogens with one attached hydrogen (secondary N) is 1. The molecule has 2 heterocycles. The molecule has 1 aromatic carbocycles. The highest BCUT2D eigenvalue weighted by atomic mass is 19.4. The fourth-order valence-corrected chi connectivity index (χ4v) is 3.21. The van der Waals surface area contributed by atoms with Gasteiger partial charge >= 0.3 is 6.18 Å². The number of hydrogen-bond acceptors (Lipinski definition) is 5. The van der Waals surface area contributed by atoms with E-state index < -0.39 is 11.7 Å². The van der Waals surface area contributed by atoms with Crippen LogP contribution >= 0.6 is 0 Å². The molecule has 0 radical (unpaired) electrons. The Balaban J connectivity index is 1.70. The molecule has 1 aliphatic heterocycles. The standard InChI is InChI=1S/C19H20F3N5/c1-2-14-10-18(25-12-24-14)27-7-5-15(6-8-27)26-17-9-13(11-23)3-4-16(17)19(20,21)22/h3-4,9-10,12,15,26H,2,5-8H2,1H3. The Kier molecular flexibility index (Phi) is 5.49. The van der Waals surface area contributed by atoms with Crippen molar-refractivity contribution in [3.05, 3.63) is 47.4 Å². The molecule has 0 spiro atoms. The molecule has 0 atom stereocenters. The summed E-state index contributed by atoms with van der Waals surface area (Å²) in [5.41, 5.74) is 0.391. The minimum Gasteiger partial charge on any atom is -0.382 e. The molecular weight excluding hydrogens is 355 g/mol. The maximum atomic E-state index is 13.2. The fraction of sp³-hybridized carbons (Fsp3) is 0.421. The maximum absolute atomic E-state index is 13.2. The molecule has 8 heteroatoms. The summed E-state index contributed by atoms with van der Waals surface area (Å²) in [5, 5.41) is 12.0. The van der Waals surface area contributed by atoms with Gasteiger partial charge in [-0.25, -0.2) is 9.97 Å². The molecule has 27 heavy (non-hydrogen) atoms. The highest BCUT2D eigenvalue weighted by molar-refractivity contribution is 5.57. The Bertz CT molecular complexity index is 836. The molecule has 0 saturated carbocycles. The molecule has 142 valence electrons. The number of nitriles is 1. The molecule has 1 N–H and O–H groups in total. The second-order valence-corrected chi connectivity index (χ2v) is 6.50. The third kappa shape index (κ3) is 4.48. The lowest BCUT2D eigenvalue weighted by Gasteiger charge is -2.34. The Morgan fingerprint density at radius 1 is 1.22 bits per heavy atom. The van der Waals surface area contributed by atoms with E-state index >= 15 is 0 Å². The van der Waals surface area contributed by atoms with Crippen LogP contribution in [0.1, 0.15) is 36.6 Å². The normalized spacial score (nSPS) is 15.4. The minimum absolute atomic E-state index is 0.0321. The molecule has 1 aliphatic rings. The monoisotopic (exact) mass is 375 g/mol. The number of anilines is 2. The molecule has 0 aliphatic carbocycles. The molecule has 0 amide bonds. The van der Waals surface area contributed by atoms with E-state index in [0.717, 1.165) is 24.0 Å². The van der Waals surface area contributed by atoms with Crippen molar-refractivity contribution in [1.82, 2.24) is 9.97 Å². The van der Waals surface area contributed by atoms with Gasteiger partial charge in [0.05, 0.1) is 17.2 Å². The van der Waals surface area contributed by atoms with Crippen LogP contribution in [0.25, 0.3) is 0 Å². The summed E-state index contributed by atoms with van der Waals surface area (Å²) in [6, 6.07) is 7.17. The van der Waals surface area contributed by atoms with Crippen molar-refractivity contribution in [3.8, 4) is 6.07 Å². The molecular formula is C19H20F3N5. The quantitative estimate of drug-likeness (QED) is 0.875. The number of aromatic nitrogens is 2. The van der Waals surface area contributed by atoms with Gasteiger partial charge in [-0.05, 0) is 37.5 Å². The topological polar surface area (TPSA) is 64.8 Å². The molecule has 5 nitrogen and oxygen atoms in total. The first-order chi connectivity index (χ1) is 12.9. The van der Waals surface area contributed by atoms with Crippen molar-refractivity contribution in [1.29, 1.82) is 5.26 Å². The van der Waals surface area contributed by atoms with Crippen LogP contribution in [0.3, 0.4) is 0 Å². The first kappa shape index (κ1) is 19.0. The van der Waals surface area contributed by atoms with Crippen LogP contribution in [0, 0.1) is 11.3 Å². The Hall–Kier alpha value is -2.82. The molecule has 1 aromatic heterocycles. The Labute approximate surface area is 155 Å². The van der Waals surface area contributed by atoms with Gasteiger partial charge in [-0.2, -0.15) is 18.4 Å². The number of aryl methyl sites for hydroxylation is 1. The minimum atomic E-state index is -4.46. The van der Waals surface area contributed by atoms with Gasteiger partial charge in [0, 0.05) is 36.6 Å². The summed E-state index contributed by atoms with van der Waals surface area (Å²) in [4.78, 5) is 10.6. The van der Waals surface area contributed by atoms with Crippen LogP contribution in [0.5, 0.6) is 0 Å². The molecule has 1 fully saturated rings. The number of rotatable bonds is 4. The average Bonchev–Trinajstić information content (AvgIpc) is 2.67. The van der Waals surface area contributed by atoms with Crippen molar-refractivity contribution in [3.63, 3.8) is 0 Å². The van der Waals surface area contributed by atoms with E-state index in [0.29, 0.717) is 25.9 Å². The van der Waals surface area contributed by atoms with Crippen molar-refractivity contribution in [2.75, 3.05) is 23.3 Å². The van der Waals surface area contributed by atoms with Gasteiger partial charge in [0.25, 0.3) is 0 Å². The van der Waals surface area contributed by atoms with Crippen LogP contribution in [0.4, 0.5) is 24.7 Å².